The van der Waals surface area contributed by atoms with Gasteiger partial charge in [-0.3, -0.25) is 4.79 Å². The summed E-state index contributed by atoms with van der Waals surface area (Å²) in [4.78, 5) is 36.5. The van der Waals surface area contributed by atoms with Crippen molar-refractivity contribution in [2.75, 3.05) is 34.4 Å². The van der Waals surface area contributed by atoms with Crippen LogP contribution in [0.5, 0.6) is 17.2 Å². The van der Waals surface area contributed by atoms with Gasteiger partial charge in [-0.25, -0.2) is 4.79 Å². The first-order valence-corrected chi connectivity index (χ1v) is 16.7. The smallest absolute Gasteiger partial charge is 0.357 e. The maximum Gasteiger partial charge on any atom is 0.357 e. The lowest BCUT2D eigenvalue weighted by Gasteiger charge is -2.34. The van der Waals surface area contributed by atoms with Crippen LogP contribution in [-0.4, -0.2) is 62.3 Å². The Morgan fingerprint density at radius 3 is 1.75 bits per heavy atom. The molecule has 0 spiro atoms. The second-order valence-corrected chi connectivity index (χ2v) is 12.0. The summed E-state index contributed by atoms with van der Waals surface area (Å²) >= 11 is 0. The van der Waals surface area contributed by atoms with E-state index in [2.05, 4.69) is 53.4 Å². The Kier molecular flexibility index (Phi) is 12.5. The fraction of sp³-hybridized carbons (Fsp3) is 0.350. The molecule has 0 saturated carbocycles. The molecule has 4 aromatic carbocycles. The molecule has 1 aliphatic rings. The highest BCUT2D eigenvalue weighted by molar-refractivity contribution is 5.91. The second-order valence-electron chi connectivity index (χ2n) is 12.0. The summed E-state index contributed by atoms with van der Waals surface area (Å²) in [6.45, 7) is 0.987. The molecule has 1 amide bonds. The van der Waals surface area contributed by atoms with Crippen LogP contribution in [-0.2, 0) is 22.5 Å². The van der Waals surface area contributed by atoms with E-state index in [1.54, 1.807) is 17.2 Å². The number of benzene rings is 4. The van der Waals surface area contributed by atoms with Gasteiger partial charge in [-0.2, -0.15) is 0 Å². The van der Waals surface area contributed by atoms with Gasteiger partial charge in [-0.1, -0.05) is 91.0 Å². The molecule has 0 aromatic heterocycles. The van der Waals surface area contributed by atoms with Crippen LogP contribution in [0.15, 0.2) is 103 Å². The third kappa shape index (κ3) is 8.75. The predicted octanol–water partition coefficient (Wildman–Crippen LogP) is 7.47. The van der Waals surface area contributed by atoms with Gasteiger partial charge in [-0.05, 0) is 73.8 Å². The molecular weight excluding hydrogens is 604 g/mol. The standard InChI is InChI=1S/C40H46N2O6/c1-45-35-28-33(29-36(46-2)38(35)47-3)40(44)48-42-27-15-26-41(39(43)37(42)32-22-11-6-12-23-32)34(24-13-20-30-16-7-4-8-17-30)25-14-21-31-18-9-5-10-19-31/h4-12,16-19,22-23,28-29,34,37H,13-15,20-21,24-27H2,1-3H3. The molecule has 0 aliphatic carbocycles. The Labute approximate surface area is 284 Å². The molecular formula is C40H46N2O6. The maximum absolute atomic E-state index is 14.7. The summed E-state index contributed by atoms with van der Waals surface area (Å²) in [5, 5.41) is 1.55. The van der Waals surface area contributed by atoms with Crippen LogP contribution in [0.25, 0.3) is 0 Å². The van der Waals surface area contributed by atoms with E-state index in [0.717, 1.165) is 44.1 Å². The lowest BCUT2D eigenvalue weighted by Crippen LogP contribution is -2.45. The quantitative estimate of drug-likeness (QED) is 0.132. The summed E-state index contributed by atoms with van der Waals surface area (Å²) in [5.41, 5.74) is 3.61. The number of amides is 1. The van der Waals surface area contributed by atoms with Crippen LogP contribution in [0, 0.1) is 0 Å². The van der Waals surface area contributed by atoms with Crippen molar-refractivity contribution in [3.05, 3.63) is 125 Å². The molecule has 5 rings (SSSR count). The lowest BCUT2D eigenvalue weighted by molar-refractivity contribution is -0.163. The van der Waals surface area contributed by atoms with Crippen molar-refractivity contribution in [3.8, 4) is 17.2 Å². The highest BCUT2D eigenvalue weighted by Crippen LogP contribution is 2.39. The van der Waals surface area contributed by atoms with Crippen molar-refractivity contribution in [3.63, 3.8) is 0 Å². The molecule has 48 heavy (non-hydrogen) atoms. The molecule has 0 radical (unpaired) electrons. The number of carbonyl (C=O) groups is 2. The number of hydroxylamine groups is 2. The van der Waals surface area contributed by atoms with Crippen molar-refractivity contribution in [1.29, 1.82) is 0 Å². The minimum Gasteiger partial charge on any atom is -0.493 e. The molecule has 252 valence electrons. The summed E-state index contributed by atoms with van der Waals surface area (Å²) in [6.07, 6.45) is 6.30. The summed E-state index contributed by atoms with van der Waals surface area (Å²) in [5.74, 6) is 0.398. The second kappa shape index (κ2) is 17.4. The Balaban J connectivity index is 1.39. The van der Waals surface area contributed by atoms with Crippen LogP contribution >= 0.6 is 0 Å². The zero-order valence-corrected chi connectivity index (χ0v) is 28.2. The Morgan fingerprint density at radius 1 is 0.729 bits per heavy atom. The summed E-state index contributed by atoms with van der Waals surface area (Å²) in [6, 6.07) is 33.0. The number of ether oxygens (including phenoxy) is 3. The minimum atomic E-state index is -0.787. The maximum atomic E-state index is 14.7. The fourth-order valence-electron chi connectivity index (χ4n) is 6.51. The normalized spacial score (nSPS) is 15.2. The van der Waals surface area contributed by atoms with E-state index < -0.39 is 12.0 Å². The summed E-state index contributed by atoms with van der Waals surface area (Å²) in [7, 11) is 4.50. The fourth-order valence-corrected chi connectivity index (χ4v) is 6.51. The molecule has 1 unspecified atom stereocenters. The van der Waals surface area contributed by atoms with Crippen molar-refractivity contribution < 1.29 is 28.6 Å². The number of carbonyl (C=O) groups excluding carboxylic acids is 2. The van der Waals surface area contributed by atoms with E-state index in [1.165, 1.54) is 32.5 Å². The van der Waals surface area contributed by atoms with E-state index in [-0.39, 0.29) is 17.5 Å². The topological polar surface area (TPSA) is 77.5 Å². The average Bonchev–Trinajstić information content (AvgIpc) is 3.29. The molecule has 4 aromatic rings. The van der Waals surface area contributed by atoms with Crippen molar-refractivity contribution >= 4 is 11.9 Å². The van der Waals surface area contributed by atoms with Gasteiger partial charge in [0.2, 0.25) is 11.7 Å². The number of nitrogens with zero attached hydrogens (tertiary/aromatic N) is 2. The van der Waals surface area contributed by atoms with Crippen molar-refractivity contribution in [2.45, 2.75) is 57.0 Å². The zero-order chi connectivity index (χ0) is 33.7. The third-order valence-electron chi connectivity index (χ3n) is 8.93. The average molecular weight is 651 g/mol. The van der Waals surface area contributed by atoms with Crippen molar-refractivity contribution in [1.82, 2.24) is 9.96 Å². The number of methoxy groups -OCH3 is 3. The number of hydrogen-bond donors (Lipinski definition) is 0. The molecule has 1 atom stereocenters. The largest absolute Gasteiger partial charge is 0.493 e. The highest BCUT2D eigenvalue weighted by atomic mass is 16.7. The SMILES string of the molecule is COc1cc(C(=O)ON2CCCN(C(CCCc3ccccc3)CCCc3ccccc3)C(=O)C2c2ccccc2)cc(OC)c1OC. The van der Waals surface area contributed by atoms with E-state index >= 15 is 0 Å². The number of rotatable bonds is 15. The van der Waals surface area contributed by atoms with Gasteiger partial charge >= 0.3 is 5.97 Å². The van der Waals surface area contributed by atoms with Gasteiger partial charge < -0.3 is 23.9 Å². The first-order valence-electron chi connectivity index (χ1n) is 16.7. The van der Waals surface area contributed by atoms with E-state index in [0.29, 0.717) is 36.8 Å². The summed E-state index contributed by atoms with van der Waals surface area (Å²) < 4.78 is 16.3. The van der Waals surface area contributed by atoms with Gasteiger partial charge in [0.1, 0.15) is 6.04 Å². The molecule has 1 saturated heterocycles. The molecule has 8 nitrogen and oxygen atoms in total. The zero-order valence-electron chi connectivity index (χ0n) is 28.2. The first kappa shape index (κ1) is 34.5. The number of hydrogen-bond acceptors (Lipinski definition) is 7. The molecule has 0 N–H and O–H groups in total. The lowest BCUT2D eigenvalue weighted by atomic mass is 9.96. The first-order chi connectivity index (χ1) is 23.5. The monoisotopic (exact) mass is 650 g/mol. The van der Waals surface area contributed by atoms with E-state index in [1.807, 2.05) is 42.5 Å². The van der Waals surface area contributed by atoms with Crippen LogP contribution in [0.2, 0.25) is 0 Å². The van der Waals surface area contributed by atoms with Crippen LogP contribution in [0.3, 0.4) is 0 Å². The van der Waals surface area contributed by atoms with Crippen molar-refractivity contribution in [2.24, 2.45) is 0 Å². The molecule has 1 heterocycles. The Morgan fingerprint density at radius 2 is 1.25 bits per heavy atom. The van der Waals surface area contributed by atoms with E-state index in [9.17, 15) is 9.59 Å². The van der Waals surface area contributed by atoms with Crippen LogP contribution in [0.4, 0.5) is 0 Å². The minimum absolute atomic E-state index is 0.0548. The molecule has 0 bridgehead atoms. The number of aryl methyl sites for hydroxylation is 2. The van der Waals surface area contributed by atoms with Gasteiger partial charge in [0.25, 0.3) is 0 Å². The van der Waals surface area contributed by atoms with Crippen LogP contribution < -0.4 is 14.2 Å². The Hall–Kier alpha value is -4.82. The molecule has 1 aliphatic heterocycles. The molecule has 8 heteroatoms. The molecule has 1 fully saturated rings. The van der Waals surface area contributed by atoms with Gasteiger partial charge in [-0.15, -0.1) is 5.06 Å². The van der Waals surface area contributed by atoms with Gasteiger partial charge in [0.05, 0.1) is 26.9 Å². The van der Waals surface area contributed by atoms with Crippen LogP contribution in [0.1, 0.15) is 65.2 Å². The highest BCUT2D eigenvalue weighted by Gasteiger charge is 2.39. The van der Waals surface area contributed by atoms with E-state index in [4.69, 9.17) is 19.0 Å². The predicted molar refractivity (Wildman–Crippen MR) is 186 cm³/mol. The van der Waals surface area contributed by atoms with Gasteiger partial charge in [0, 0.05) is 19.1 Å². The van der Waals surface area contributed by atoms with Gasteiger partial charge in [0.15, 0.2) is 11.5 Å². The Bertz CT molecular complexity index is 1530. The third-order valence-corrected chi connectivity index (χ3v) is 8.93.